The van der Waals surface area contributed by atoms with E-state index in [1.165, 1.54) is 0 Å². The number of benzene rings is 2. The van der Waals surface area contributed by atoms with E-state index in [1.54, 1.807) is 0 Å². The van der Waals surface area contributed by atoms with Gasteiger partial charge >= 0.3 is 5.97 Å². The van der Waals surface area contributed by atoms with Gasteiger partial charge in [-0.1, -0.05) is 56.3 Å². The van der Waals surface area contributed by atoms with Crippen LogP contribution in [0.1, 0.15) is 31.4 Å². The van der Waals surface area contributed by atoms with Crippen molar-refractivity contribution in [1.82, 2.24) is 0 Å². The van der Waals surface area contributed by atoms with Gasteiger partial charge < -0.3 is 10.4 Å². The molecule has 0 spiro atoms. The molecule has 0 heterocycles. The van der Waals surface area contributed by atoms with E-state index in [0.29, 0.717) is 18.5 Å². The summed E-state index contributed by atoms with van der Waals surface area (Å²) in [7, 11) is 0. The molecule has 0 aliphatic rings. The van der Waals surface area contributed by atoms with Gasteiger partial charge in [0.2, 0.25) is 5.91 Å². The van der Waals surface area contributed by atoms with Crippen LogP contribution in [0, 0.1) is 5.41 Å². The Hall–Kier alpha value is -2.62. The third-order valence-corrected chi connectivity index (χ3v) is 3.92. The molecule has 2 rings (SSSR count). The van der Waals surface area contributed by atoms with Crippen LogP contribution in [-0.4, -0.2) is 17.0 Å². The Kier molecular flexibility index (Phi) is 5.74. The van der Waals surface area contributed by atoms with E-state index >= 15 is 0 Å². The molecule has 0 aromatic heterocycles. The number of rotatable bonds is 7. The van der Waals surface area contributed by atoms with Gasteiger partial charge in [0.1, 0.15) is 0 Å². The molecule has 24 heavy (non-hydrogen) atoms. The summed E-state index contributed by atoms with van der Waals surface area (Å²) in [4.78, 5) is 23.3. The lowest BCUT2D eigenvalue weighted by atomic mass is 9.84. The molecule has 126 valence electrons. The Bertz CT molecular complexity index is 708. The third kappa shape index (κ3) is 5.23. The summed E-state index contributed by atoms with van der Waals surface area (Å²) in [5.74, 6) is -0.879. The van der Waals surface area contributed by atoms with Crippen LogP contribution in [0.4, 0.5) is 5.69 Å². The summed E-state index contributed by atoms with van der Waals surface area (Å²) in [6.45, 7) is 3.84. The fourth-order valence-corrected chi connectivity index (χ4v) is 2.54. The Morgan fingerprint density at radius 3 is 2.33 bits per heavy atom. The predicted molar refractivity (Wildman–Crippen MR) is 95.0 cm³/mol. The zero-order chi connectivity index (χ0) is 17.6. The zero-order valence-electron chi connectivity index (χ0n) is 14.1. The van der Waals surface area contributed by atoms with Crippen LogP contribution in [0.25, 0.3) is 0 Å². The Morgan fingerprint density at radius 2 is 1.67 bits per heavy atom. The van der Waals surface area contributed by atoms with E-state index in [1.807, 2.05) is 68.4 Å². The summed E-state index contributed by atoms with van der Waals surface area (Å²) in [6.07, 6.45) is 1.18. The summed E-state index contributed by atoms with van der Waals surface area (Å²) in [5, 5.41) is 11.7. The molecule has 2 N–H and O–H groups in total. The molecule has 2 aromatic carbocycles. The van der Waals surface area contributed by atoms with Crippen LogP contribution >= 0.6 is 0 Å². The molecule has 0 saturated heterocycles. The fraction of sp³-hybridized carbons (Fsp3) is 0.300. The van der Waals surface area contributed by atoms with Gasteiger partial charge in [0, 0.05) is 17.5 Å². The molecule has 4 heteroatoms. The molecule has 2 aromatic rings. The molecule has 0 unspecified atom stereocenters. The van der Waals surface area contributed by atoms with Crippen LogP contribution in [-0.2, 0) is 22.4 Å². The van der Waals surface area contributed by atoms with Crippen molar-refractivity contribution >= 4 is 17.6 Å². The normalized spacial score (nSPS) is 11.1. The number of aryl methyl sites for hydroxylation is 1. The largest absolute Gasteiger partial charge is 0.481 e. The number of carboxylic acids is 1. The monoisotopic (exact) mass is 325 g/mol. The van der Waals surface area contributed by atoms with E-state index in [2.05, 4.69) is 5.32 Å². The predicted octanol–water partition coefficient (Wildman–Crippen LogP) is 3.91. The van der Waals surface area contributed by atoms with E-state index in [0.717, 1.165) is 11.1 Å². The number of hydrogen-bond acceptors (Lipinski definition) is 2. The van der Waals surface area contributed by atoms with Crippen LogP contribution in [0.5, 0.6) is 0 Å². The first-order valence-electron chi connectivity index (χ1n) is 8.03. The highest BCUT2D eigenvalue weighted by atomic mass is 16.4. The molecule has 0 radical (unpaired) electrons. The van der Waals surface area contributed by atoms with Gasteiger partial charge in [-0.3, -0.25) is 9.59 Å². The lowest BCUT2D eigenvalue weighted by Crippen LogP contribution is -2.32. The highest BCUT2D eigenvalue weighted by Crippen LogP contribution is 2.24. The number of carbonyl (C=O) groups is 2. The Labute approximate surface area is 142 Å². The number of amides is 1. The minimum Gasteiger partial charge on any atom is -0.481 e. The quantitative estimate of drug-likeness (QED) is 0.811. The van der Waals surface area contributed by atoms with Crippen molar-refractivity contribution in [2.24, 2.45) is 5.41 Å². The molecule has 0 aliphatic carbocycles. The SMILES string of the molecule is CC(C)(Cc1ccccc1)C(=O)Nc1cccc(CCC(=O)O)c1. The maximum Gasteiger partial charge on any atom is 0.303 e. The molecular weight excluding hydrogens is 302 g/mol. The second kappa shape index (κ2) is 7.77. The molecule has 0 aliphatic heterocycles. The molecule has 0 fully saturated rings. The summed E-state index contributed by atoms with van der Waals surface area (Å²) in [5.41, 5.74) is 2.17. The first-order chi connectivity index (χ1) is 11.4. The molecular formula is C20H23NO3. The summed E-state index contributed by atoms with van der Waals surface area (Å²) < 4.78 is 0. The van der Waals surface area contributed by atoms with Crippen molar-refractivity contribution in [3.63, 3.8) is 0 Å². The van der Waals surface area contributed by atoms with Gasteiger partial charge in [-0.05, 0) is 36.1 Å². The fourth-order valence-electron chi connectivity index (χ4n) is 2.54. The van der Waals surface area contributed by atoms with Crippen molar-refractivity contribution in [1.29, 1.82) is 0 Å². The average Bonchev–Trinajstić information content (AvgIpc) is 2.54. The van der Waals surface area contributed by atoms with Crippen LogP contribution in [0.3, 0.4) is 0 Å². The number of carboxylic acid groups (broad SMARTS) is 1. The minimum atomic E-state index is -0.826. The van der Waals surface area contributed by atoms with Crippen LogP contribution in [0.15, 0.2) is 54.6 Å². The summed E-state index contributed by atoms with van der Waals surface area (Å²) >= 11 is 0. The zero-order valence-corrected chi connectivity index (χ0v) is 14.1. The van der Waals surface area contributed by atoms with Gasteiger partial charge in [-0.15, -0.1) is 0 Å². The van der Waals surface area contributed by atoms with E-state index in [-0.39, 0.29) is 12.3 Å². The van der Waals surface area contributed by atoms with Gasteiger partial charge in [0.15, 0.2) is 0 Å². The second-order valence-corrected chi connectivity index (χ2v) is 6.59. The molecule has 4 nitrogen and oxygen atoms in total. The van der Waals surface area contributed by atoms with E-state index in [4.69, 9.17) is 5.11 Å². The number of carbonyl (C=O) groups excluding carboxylic acids is 1. The van der Waals surface area contributed by atoms with Crippen LogP contribution < -0.4 is 5.32 Å². The first-order valence-corrected chi connectivity index (χ1v) is 8.03. The maximum absolute atomic E-state index is 12.6. The first kappa shape index (κ1) is 17.7. The van der Waals surface area contributed by atoms with Crippen molar-refractivity contribution < 1.29 is 14.7 Å². The van der Waals surface area contributed by atoms with E-state index in [9.17, 15) is 9.59 Å². The number of nitrogens with one attached hydrogen (secondary N) is 1. The smallest absolute Gasteiger partial charge is 0.303 e. The number of hydrogen-bond donors (Lipinski definition) is 2. The topological polar surface area (TPSA) is 66.4 Å². The van der Waals surface area contributed by atoms with E-state index < -0.39 is 11.4 Å². The van der Waals surface area contributed by atoms with Crippen molar-refractivity contribution in [3.8, 4) is 0 Å². The maximum atomic E-state index is 12.6. The third-order valence-electron chi connectivity index (χ3n) is 3.92. The molecule has 0 atom stereocenters. The number of aliphatic carboxylic acids is 1. The lowest BCUT2D eigenvalue weighted by Gasteiger charge is -2.24. The molecule has 0 bridgehead atoms. The van der Waals surface area contributed by atoms with Crippen molar-refractivity contribution in [3.05, 3.63) is 65.7 Å². The average molecular weight is 325 g/mol. The lowest BCUT2D eigenvalue weighted by molar-refractivity contribution is -0.137. The Morgan fingerprint density at radius 1 is 1.00 bits per heavy atom. The standard InChI is InChI=1S/C20H23NO3/c1-20(2,14-16-7-4-3-5-8-16)19(24)21-17-10-6-9-15(13-17)11-12-18(22)23/h3-10,13H,11-12,14H2,1-2H3,(H,21,24)(H,22,23). The molecule has 0 saturated carbocycles. The highest BCUT2D eigenvalue weighted by Gasteiger charge is 2.28. The minimum absolute atomic E-state index is 0.0539. The van der Waals surface area contributed by atoms with Gasteiger partial charge in [-0.25, -0.2) is 0 Å². The van der Waals surface area contributed by atoms with Gasteiger partial charge in [0.05, 0.1) is 0 Å². The highest BCUT2D eigenvalue weighted by molar-refractivity contribution is 5.95. The van der Waals surface area contributed by atoms with Crippen molar-refractivity contribution in [2.45, 2.75) is 33.1 Å². The van der Waals surface area contributed by atoms with Gasteiger partial charge in [0.25, 0.3) is 0 Å². The Balaban J connectivity index is 2.02. The van der Waals surface area contributed by atoms with Crippen LogP contribution in [0.2, 0.25) is 0 Å². The number of anilines is 1. The van der Waals surface area contributed by atoms with Gasteiger partial charge in [-0.2, -0.15) is 0 Å². The molecule has 1 amide bonds. The second-order valence-electron chi connectivity index (χ2n) is 6.59. The summed E-state index contributed by atoms with van der Waals surface area (Å²) in [6, 6.07) is 17.3. The van der Waals surface area contributed by atoms with Crippen molar-refractivity contribution in [2.75, 3.05) is 5.32 Å².